The standard InChI is InChI=1S/C23H25ClN2O5/c1-3-31-19-10-8-18(9-11-19)26-14-16(12-21(26)27)23(29)25-20(13-22(28)30-2)15-4-6-17(24)7-5-15/h4-11,16,20H,3,12-14H2,1-2H3,(H,25,29)/t16-,20+/m0/s1. The molecule has 0 radical (unpaired) electrons. The Bertz CT molecular complexity index is 930. The third-order valence-electron chi connectivity index (χ3n) is 5.14. The number of nitrogens with one attached hydrogen (secondary N) is 1. The van der Waals surface area contributed by atoms with Crippen LogP contribution < -0.4 is 15.0 Å². The van der Waals surface area contributed by atoms with E-state index >= 15 is 0 Å². The van der Waals surface area contributed by atoms with Crippen LogP contribution in [0.3, 0.4) is 0 Å². The molecule has 2 amide bonds. The summed E-state index contributed by atoms with van der Waals surface area (Å²) in [5.74, 6) is -0.656. The van der Waals surface area contributed by atoms with E-state index in [0.717, 1.165) is 11.3 Å². The number of carbonyl (C=O) groups is 3. The van der Waals surface area contributed by atoms with Crippen LogP contribution in [0.2, 0.25) is 5.02 Å². The van der Waals surface area contributed by atoms with Gasteiger partial charge in [-0.2, -0.15) is 0 Å². The third kappa shape index (κ3) is 5.76. The van der Waals surface area contributed by atoms with Crippen LogP contribution in [-0.4, -0.2) is 38.0 Å². The van der Waals surface area contributed by atoms with Crippen LogP contribution >= 0.6 is 11.6 Å². The quantitative estimate of drug-likeness (QED) is 0.630. The van der Waals surface area contributed by atoms with Gasteiger partial charge < -0.3 is 19.7 Å². The van der Waals surface area contributed by atoms with Gasteiger partial charge in [-0.15, -0.1) is 0 Å². The number of benzene rings is 2. The molecule has 2 aromatic carbocycles. The van der Waals surface area contributed by atoms with Gasteiger partial charge in [-0.1, -0.05) is 23.7 Å². The number of hydrogen-bond acceptors (Lipinski definition) is 5. The second kappa shape index (κ2) is 10.3. The predicted molar refractivity (Wildman–Crippen MR) is 117 cm³/mol. The Balaban J connectivity index is 1.69. The number of methoxy groups -OCH3 is 1. The molecule has 0 saturated carbocycles. The Morgan fingerprint density at radius 1 is 1.16 bits per heavy atom. The molecule has 2 aromatic rings. The van der Waals surface area contributed by atoms with Crippen molar-refractivity contribution in [2.45, 2.75) is 25.8 Å². The SMILES string of the molecule is CCOc1ccc(N2C[C@@H](C(=O)N[C@H](CC(=O)OC)c3ccc(Cl)cc3)CC2=O)cc1. The average molecular weight is 445 g/mol. The Kier molecular flexibility index (Phi) is 7.52. The Morgan fingerprint density at radius 2 is 1.84 bits per heavy atom. The molecule has 8 heteroatoms. The van der Waals surface area contributed by atoms with Gasteiger partial charge in [0.1, 0.15) is 5.75 Å². The molecule has 0 spiro atoms. The fourth-order valence-corrected chi connectivity index (χ4v) is 3.63. The van der Waals surface area contributed by atoms with Crippen LogP contribution in [0.1, 0.15) is 31.4 Å². The number of ether oxygens (including phenoxy) is 2. The first-order chi connectivity index (χ1) is 14.9. The fraction of sp³-hybridized carbons (Fsp3) is 0.348. The zero-order chi connectivity index (χ0) is 22.4. The lowest BCUT2D eigenvalue weighted by Gasteiger charge is -2.21. The molecule has 1 saturated heterocycles. The number of hydrogen-bond donors (Lipinski definition) is 1. The van der Waals surface area contributed by atoms with Gasteiger partial charge >= 0.3 is 5.97 Å². The molecule has 2 atom stereocenters. The van der Waals surface area contributed by atoms with Crippen molar-refractivity contribution < 1.29 is 23.9 Å². The molecule has 0 aromatic heterocycles. The molecule has 1 aliphatic heterocycles. The summed E-state index contributed by atoms with van der Waals surface area (Å²) in [6.45, 7) is 2.73. The minimum absolute atomic E-state index is 0.0207. The molecular formula is C23H25ClN2O5. The van der Waals surface area contributed by atoms with E-state index in [2.05, 4.69) is 5.32 Å². The third-order valence-corrected chi connectivity index (χ3v) is 5.39. The highest BCUT2D eigenvalue weighted by Gasteiger charge is 2.36. The normalized spacial score (nSPS) is 16.7. The van der Waals surface area contributed by atoms with Crippen LogP contribution in [0, 0.1) is 5.92 Å². The maximum absolute atomic E-state index is 12.9. The largest absolute Gasteiger partial charge is 0.494 e. The van der Waals surface area contributed by atoms with E-state index in [9.17, 15) is 14.4 Å². The molecule has 1 fully saturated rings. The van der Waals surface area contributed by atoms with E-state index in [4.69, 9.17) is 21.1 Å². The van der Waals surface area contributed by atoms with Crippen molar-refractivity contribution in [1.29, 1.82) is 0 Å². The molecule has 0 bridgehead atoms. The van der Waals surface area contributed by atoms with E-state index in [1.54, 1.807) is 53.4 Å². The van der Waals surface area contributed by atoms with Gasteiger partial charge in [-0.3, -0.25) is 14.4 Å². The van der Waals surface area contributed by atoms with E-state index < -0.39 is 17.9 Å². The number of esters is 1. The van der Waals surface area contributed by atoms with Crippen molar-refractivity contribution in [2.24, 2.45) is 5.92 Å². The Labute approximate surface area is 186 Å². The van der Waals surface area contributed by atoms with Gasteiger partial charge in [0.05, 0.1) is 32.1 Å². The zero-order valence-electron chi connectivity index (χ0n) is 17.5. The van der Waals surface area contributed by atoms with Gasteiger partial charge in [0, 0.05) is 23.7 Å². The van der Waals surface area contributed by atoms with Crippen molar-refractivity contribution >= 4 is 35.1 Å². The first kappa shape index (κ1) is 22.6. The van der Waals surface area contributed by atoms with E-state index in [1.165, 1.54) is 7.11 Å². The van der Waals surface area contributed by atoms with Crippen molar-refractivity contribution in [3.8, 4) is 5.75 Å². The number of amides is 2. The number of carbonyl (C=O) groups excluding carboxylic acids is 3. The highest BCUT2D eigenvalue weighted by molar-refractivity contribution is 6.30. The summed E-state index contributed by atoms with van der Waals surface area (Å²) < 4.78 is 10.2. The monoisotopic (exact) mass is 444 g/mol. The molecule has 3 rings (SSSR count). The molecule has 1 aliphatic rings. The maximum atomic E-state index is 12.9. The van der Waals surface area contributed by atoms with Crippen molar-refractivity contribution in [3.63, 3.8) is 0 Å². The highest BCUT2D eigenvalue weighted by Crippen LogP contribution is 2.28. The molecule has 1 heterocycles. The van der Waals surface area contributed by atoms with Crippen LogP contribution in [0.4, 0.5) is 5.69 Å². The molecular weight excluding hydrogens is 420 g/mol. The van der Waals surface area contributed by atoms with Crippen molar-refractivity contribution in [1.82, 2.24) is 5.32 Å². The lowest BCUT2D eigenvalue weighted by Crippen LogP contribution is -2.36. The minimum Gasteiger partial charge on any atom is -0.494 e. The lowest BCUT2D eigenvalue weighted by molar-refractivity contribution is -0.141. The summed E-state index contributed by atoms with van der Waals surface area (Å²) in [5, 5.41) is 3.45. The maximum Gasteiger partial charge on any atom is 0.307 e. The molecule has 1 N–H and O–H groups in total. The van der Waals surface area contributed by atoms with Crippen LogP contribution in [0.25, 0.3) is 0 Å². The van der Waals surface area contributed by atoms with E-state index in [1.807, 2.05) is 6.92 Å². The first-order valence-electron chi connectivity index (χ1n) is 10.1. The van der Waals surface area contributed by atoms with Gasteiger partial charge in [0.2, 0.25) is 11.8 Å². The van der Waals surface area contributed by atoms with Crippen LogP contribution in [0.15, 0.2) is 48.5 Å². The van der Waals surface area contributed by atoms with Gasteiger partial charge in [-0.25, -0.2) is 0 Å². The van der Waals surface area contributed by atoms with Crippen molar-refractivity contribution in [2.75, 3.05) is 25.2 Å². The molecule has 0 aliphatic carbocycles. The van der Waals surface area contributed by atoms with Gasteiger partial charge in [-0.05, 0) is 48.9 Å². The van der Waals surface area contributed by atoms with Crippen molar-refractivity contribution in [3.05, 3.63) is 59.1 Å². The van der Waals surface area contributed by atoms with E-state index in [0.29, 0.717) is 17.3 Å². The minimum atomic E-state index is -0.577. The van der Waals surface area contributed by atoms with Crippen LogP contribution in [-0.2, 0) is 19.1 Å². The number of halogens is 1. The molecule has 7 nitrogen and oxygen atoms in total. The summed E-state index contributed by atoms with van der Waals surface area (Å²) in [5.41, 5.74) is 1.45. The average Bonchev–Trinajstić information content (AvgIpc) is 3.16. The number of rotatable bonds is 8. The topological polar surface area (TPSA) is 84.9 Å². The summed E-state index contributed by atoms with van der Waals surface area (Å²) in [6.07, 6.45) is 0.0811. The Morgan fingerprint density at radius 3 is 2.45 bits per heavy atom. The number of anilines is 1. The number of nitrogens with zero attached hydrogens (tertiary/aromatic N) is 1. The zero-order valence-corrected chi connectivity index (χ0v) is 18.2. The molecule has 0 unspecified atom stereocenters. The lowest BCUT2D eigenvalue weighted by atomic mass is 10.0. The summed E-state index contributed by atoms with van der Waals surface area (Å²) in [4.78, 5) is 38.9. The van der Waals surface area contributed by atoms with Gasteiger partial charge in [0.15, 0.2) is 0 Å². The van der Waals surface area contributed by atoms with E-state index in [-0.39, 0.29) is 31.2 Å². The van der Waals surface area contributed by atoms with Gasteiger partial charge in [0.25, 0.3) is 0 Å². The summed E-state index contributed by atoms with van der Waals surface area (Å²) in [7, 11) is 1.30. The molecule has 31 heavy (non-hydrogen) atoms. The fourth-order valence-electron chi connectivity index (χ4n) is 3.51. The highest BCUT2D eigenvalue weighted by atomic mass is 35.5. The second-order valence-electron chi connectivity index (χ2n) is 7.23. The predicted octanol–water partition coefficient (Wildman–Crippen LogP) is 3.51. The smallest absolute Gasteiger partial charge is 0.307 e. The summed E-state index contributed by atoms with van der Waals surface area (Å²) in [6, 6.07) is 13.5. The summed E-state index contributed by atoms with van der Waals surface area (Å²) >= 11 is 5.95. The molecule has 164 valence electrons. The first-order valence-corrected chi connectivity index (χ1v) is 10.4. The Hall–Kier alpha value is -3.06. The van der Waals surface area contributed by atoms with Crippen LogP contribution in [0.5, 0.6) is 5.75 Å². The second-order valence-corrected chi connectivity index (χ2v) is 7.66.